The zero-order valence-electron chi connectivity index (χ0n) is 20.1. The lowest BCUT2D eigenvalue weighted by Crippen LogP contribution is -2.49. The van der Waals surface area contributed by atoms with E-state index >= 15 is 0 Å². The van der Waals surface area contributed by atoms with E-state index in [0.29, 0.717) is 12.1 Å². The highest BCUT2D eigenvalue weighted by Crippen LogP contribution is 2.32. The van der Waals surface area contributed by atoms with Crippen LogP contribution in [-0.2, 0) is 22.3 Å². The Labute approximate surface area is 198 Å². The Morgan fingerprint density at radius 2 is 1.68 bits per heavy atom. The van der Waals surface area contributed by atoms with E-state index in [2.05, 4.69) is 5.32 Å². The molecule has 1 aliphatic heterocycles. The summed E-state index contributed by atoms with van der Waals surface area (Å²) >= 11 is 0. The molecular weight excluding hydrogens is 445 g/mol. The molecule has 2 amide bonds. The predicted molar refractivity (Wildman–Crippen MR) is 124 cm³/mol. The predicted octanol–water partition coefficient (Wildman–Crippen LogP) is 5.88. The van der Waals surface area contributed by atoms with Crippen molar-refractivity contribution in [1.29, 1.82) is 0 Å². The molecule has 8 heteroatoms. The molecule has 0 radical (unpaired) electrons. The first kappa shape index (κ1) is 25.6. The zero-order chi connectivity index (χ0) is 25.3. The van der Waals surface area contributed by atoms with E-state index in [1.54, 1.807) is 32.9 Å². The largest absolute Gasteiger partial charge is 0.444 e. The van der Waals surface area contributed by atoms with Crippen LogP contribution < -0.4 is 5.32 Å². The summed E-state index contributed by atoms with van der Waals surface area (Å²) in [6.07, 6.45) is -4.89. The topological polar surface area (TPSA) is 58.6 Å². The van der Waals surface area contributed by atoms with Crippen molar-refractivity contribution in [2.45, 2.75) is 59.0 Å². The van der Waals surface area contributed by atoms with Crippen LogP contribution in [0.4, 0.5) is 18.0 Å². The number of carbonyl (C=O) groups excluding carboxylic acids is 2. The van der Waals surface area contributed by atoms with E-state index in [-0.39, 0.29) is 24.3 Å². The van der Waals surface area contributed by atoms with E-state index < -0.39 is 29.5 Å². The first-order valence-electron chi connectivity index (χ1n) is 11.3. The third kappa shape index (κ3) is 6.10. The number of benzene rings is 2. The highest BCUT2D eigenvalue weighted by atomic mass is 19.4. The lowest BCUT2D eigenvalue weighted by atomic mass is 9.93. The second-order valence-corrected chi connectivity index (χ2v) is 9.91. The van der Waals surface area contributed by atoms with E-state index in [1.807, 2.05) is 26.0 Å². The highest BCUT2D eigenvalue weighted by molar-refractivity contribution is 5.86. The van der Waals surface area contributed by atoms with Crippen LogP contribution in [0.3, 0.4) is 0 Å². The van der Waals surface area contributed by atoms with E-state index in [9.17, 15) is 22.8 Å². The number of halogens is 3. The van der Waals surface area contributed by atoms with Crippen LogP contribution in [0.15, 0.2) is 48.5 Å². The molecule has 184 valence electrons. The fourth-order valence-electron chi connectivity index (χ4n) is 4.08. The third-order valence-electron chi connectivity index (χ3n) is 6.05. The highest BCUT2D eigenvalue weighted by Gasteiger charge is 2.45. The van der Waals surface area contributed by atoms with Crippen LogP contribution in [0, 0.1) is 11.8 Å². The Hall–Kier alpha value is -3.03. The summed E-state index contributed by atoms with van der Waals surface area (Å²) in [5.41, 5.74) is 0.836. The lowest BCUT2D eigenvalue weighted by molar-refractivity contribution is -0.137. The maximum atomic E-state index is 13.1. The van der Waals surface area contributed by atoms with Crippen molar-refractivity contribution in [2.24, 2.45) is 11.8 Å². The van der Waals surface area contributed by atoms with Gasteiger partial charge in [-0.05, 0) is 67.5 Å². The molecule has 0 bridgehead atoms. The fourth-order valence-corrected chi connectivity index (χ4v) is 4.08. The van der Waals surface area contributed by atoms with Crippen molar-refractivity contribution in [3.05, 3.63) is 59.7 Å². The average molecular weight is 477 g/mol. The molecule has 5 nitrogen and oxygen atoms in total. The number of ether oxygens (including phenoxy) is 1. The van der Waals surface area contributed by atoms with Crippen molar-refractivity contribution >= 4 is 12.0 Å². The summed E-state index contributed by atoms with van der Waals surface area (Å²) in [5, 5.41) is 2.91. The van der Waals surface area contributed by atoms with Gasteiger partial charge in [0.05, 0.1) is 5.56 Å². The van der Waals surface area contributed by atoms with Gasteiger partial charge in [0.25, 0.3) is 0 Å². The van der Waals surface area contributed by atoms with Crippen molar-refractivity contribution < 1.29 is 27.5 Å². The number of rotatable bonds is 4. The molecule has 1 heterocycles. The van der Waals surface area contributed by atoms with Crippen molar-refractivity contribution in [2.75, 3.05) is 6.54 Å². The minimum atomic E-state index is -4.38. The normalized spacial score (nSPS) is 20.8. The van der Waals surface area contributed by atoms with Gasteiger partial charge in [0.15, 0.2) is 0 Å². The molecule has 0 unspecified atom stereocenters. The van der Waals surface area contributed by atoms with Gasteiger partial charge in [-0.2, -0.15) is 13.2 Å². The van der Waals surface area contributed by atoms with Gasteiger partial charge < -0.3 is 10.1 Å². The molecule has 0 saturated carbocycles. The summed E-state index contributed by atoms with van der Waals surface area (Å²) in [6.45, 7) is 9.98. The first-order valence-corrected chi connectivity index (χ1v) is 11.3. The maximum Gasteiger partial charge on any atom is 0.416 e. The number of hydrogen-bond acceptors (Lipinski definition) is 3. The Morgan fingerprint density at radius 3 is 2.26 bits per heavy atom. The van der Waals surface area contributed by atoms with Crippen molar-refractivity contribution in [3.8, 4) is 11.1 Å². The van der Waals surface area contributed by atoms with Crippen LogP contribution in [0.2, 0.25) is 0 Å². The van der Waals surface area contributed by atoms with Gasteiger partial charge in [-0.15, -0.1) is 0 Å². The molecule has 3 rings (SSSR count). The molecule has 0 spiro atoms. The van der Waals surface area contributed by atoms with Gasteiger partial charge in [0, 0.05) is 13.1 Å². The molecule has 1 saturated heterocycles. The van der Waals surface area contributed by atoms with Crippen LogP contribution in [0.5, 0.6) is 0 Å². The molecule has 1 aliphatic rings. The van der Waals surface area contributed by atoms with Crippen molar-refractivity contribution in [3.63, 3.8) is 0 Å². The monoisotopic (exact) mass is 476 g/mol. The van der Waals surface area contributed by atoms with Crippen LogP contribution in [0.25, 0.3) is 11.1 Å². The van der Waals surface area contributed by atoms with Crippen molar-refractivity contribution in [1.82, 2.24) is 10.2 Å². The molecule has 1 N–H and O–H groups in total. The number of likely N-dealkylation sites (tertiary alicyclic amines) is 1. The van der Waals surface area contributed by atoms with E-state index in [1.165, 1.54) is 17.0 Å². The lowest BCUT2D eigenvalue weighted by Gasteiger charge is -2.29. The maximum absolute atomic E-state index is 13.1. The number of hydrogen-bond donors (Lipinski definition) is 1. The molecule has 3 atom stereocenters. The Morgan fingerprint density at radius 1 is 1.03 bits per heavy atom. The number of nitrogens with zero attached hydrogens (tertiary/aromatic N) is 1. The Bertz CT molecular complexity index is 1030. The van der Waals surface area contributed by atoms with Gasteiger partial charge in [-0.3, -0.25) is 9.69 Å². The second kappa shape index (κ2) is 9.68. The number of alkyl halides is 3. The Kier molecular flexibility index (Phi) is 7.29. The van der Waals surface area contributed by atoms with E-state index in [4.69, 9.17) is 4.74 Å². The molecule has 1 fully saturated rings. The van der Waals surface area contributed by atoms with Gasteiger partial charge in [-0.25, -0.2) is 4.79 Å². The van der Waals surface area contributed by atoms with Gasteiger partial charge in [-0.1, -0.05) is 44.2 Å². The van der Waals surface area contributed by atoms with Gasteiger partial charge >= 0.3 is 12.3 Å². The van der Waals surface area contributed by atoms with Gasteiger partial charge in [0.1, 0.15) is 11.6 Å². The fraction of sp³-hybridized carbons (Fsp3) is 0.462. The molecule has 0 aliphatic carbocycles. The summed E-state index contributed by atoms with van der Waals surface area (Å²) in [7, 11) is 0. The molecule has 2 aromatic carbocycles. The third-order valence-corrected chi connectivity index (χ3v) is 6.05. The first-order chi connectivity index (χ1) is 15.8. The molecule has 34 heavy (non-hydrogen) atoms. The minimum absolute atomic E-state index is 0.0361. The summed E-state index contributed by atoms with van der Waals surface area (Å²) in [5.74, 6) is -0.153. The molecular formula is C26H31F3N2O3. The minimum Gasteiger partial charge on any atom is -0.444 e. The van der Waals surface area contributed by atoms with Crippen LogP contribution in [0.1, 0.15) is 45.7 Å². The van der Waals surface area contributed by atoms with Crippen LogP contribution >= 0.6 is 0 Å². The SMILES string of the molecule is C[C@@H]1[C@@H](C(=O)NCc2cccc(-c3ccc(C(F)(F)F)cc3)c2)N(C(=O)OC(C)(C)C)C[C@@H]1C. The second-order valence-electron chi connectivity index (χ2n) is 9.91. The Balaban J connectivity index is 1.70. The number of amides is 2. The molecule has 2 aromatic rings. The average Bonchev–Trinajstić information content (AvgIpc) is 3.05. The zero-order valence-corrected chi connectivity index (χ0v) is 20.1. The molecule has 0 aromatic heterocycles. The number of nitrogens with one attached hydrogen (secondary N) is 1. The van der Waals surface area contributed by atoms with E-state index in [0.717, 1.165) is 23.3 Å². The smallest absolute Gasteiger partial charge is 0.416 e. The summed E-state index contributed by atoms with van der Waals surface area (Å²) in [4.78, 5) is 27.3. The summed E-state index contributed by atoms with van der Waals surface area (Å²) in [6, 6.07) is 11.6. The summed E-state index contributed by atoms with van der Waals surface area (Å²) < 4.78 is 44.0. The standard InChI is InChI=1S/C26H31F3N2O3/c1-16-15-31(24(33)34-25(3,4)5)22(17(16)2)23(32)30-14-18-7-6-8-20(13-18)19-9-11-21(12-10-19)26(27,28)29/h6-13,16-17,22H,14-15H2,1-5H3,(H,30,32)/t16-,17-,22-/m0/s1. The quantitative estimate of drug-likeness (QED) is 0.600. The van der Waals surface area contributed by atoms with Gasteiger partial charge in [0.2, 0.25) is 5.91 Å². The number of carbonyl (C=O) groups is 2. The van der Waals surface area contributed by atoms with Crippen LogP contribution in [-0.4, -0.2) is 35.1 Å².